The number of aromatic amines is 1. The number of rotatable bonds is 6. The van der Waals surface area contributed by atoms with E-state index in [4.69, 9.17) is 4.74 Å². The van der Waals surface area contributed by atoms with Gasteiger partial charge in [0.05, 0.1) is 12.9 Å². The van der Waals surface area contributed by atoms with E-state index in [1.54, 1.807) is 0 Å². The Balaban J connectivity index is 1.89. The van der Waals surface area contributed by atoms with Crippen LogP contribution in [0.25, 0.3) is 10.9 Å². The summed E-state index contributed by atoms with van der Waals surface area (Å²) in [5.74, 6) is -0.0647. The van der Waals surface area contributed by atoms with Gasteiger partial charge in [-0.2, -0.15) is 0 Å². The normalized spacial score (nSPS) is 10.2. The van der Waals surface area contributed by atoms with Gasteiger partial charge in [-0.25, -0.2) is 0 Å². The molecule has 0 bridgehead atoms. The average molecular weight is 244 g/mol. The van der Waals surface area contributed by atoms with E-state index in [1.807, 2.05) is 30.5 Å². The second-order valence-corrected chi connectivity index (χ2v) is 3.93. The molecule has 0 saturated carbocycles. The first kappa shape index (κ1) is 12.2. The molecular formula is C14H16N2O2. The molecule has 1 heterocycles. The number of fused-ring (bicyclic) bond motifs is 1. The van der Waals surface area contributed by atoms with Crippen molar-refractivity contribution in [3.05, 3.63) is 48.9 Å². The zero-order valence-electron chi connectivity index (χ0n) is 10.1. The van der Waals surface area contributed by atoms with E-state index in [1.165, 1.54) is 6.26 Å². The Morgan fingerprint density at radius 1 is 1.44 bits per heavy atom. The largest absolute Gasteiger partial charge is 0.502 e. The minimum atomic E-state index is -0.0647. The molecule has 4 nitrogen and oxygen atoms in total. The second kappa shape index (κ2) is 5.91. The lowest BCUT2D eigenvalue weighted by Crippen LogP contribution is -2.25. The zero-order valence-corrected chi connectivity index (χ0v) is 10.1. The topological polar surface area (TPSA) is 54.1 Å². The number of hydrogen-bond donors (Lipinski definition) is 2. The number of amides is 1. The molecule has 0 aliphatic heterocycles. The Hall–Kier alpha value is -2.23. The molecule has 0 aliphatic rings. The fourth-order valence-electron chi connectivity index (χ4n) is 1.73. The lowest BCUT2D eigenvalue weighted by atomic mass is 10.1. The summed E-state index contributed by atoms with van der Waals surface area (Å²) in [6.45, 7) is 4.61. The Bertz CT molecular complexity index is 545. The maximum atomic E-state index is 11.9. The van der Waals surface area contributed by atoms with Crippen LogP contribution in [0.3, 0.4) is 0 Å². The van der Waals surface area contributed by atoms with Crippen molar-refractivity contribution in [2.45, 2.75) is 6.42 Å². The first-order valence-corrected chi connectivity index (χ1v) is 5.89. The van der Waals surface area contributed by atoms with E-state index in [0.29, 0.717) is 18.7 Å². The molecule has 2 aromatic rings. The van der Waals surface area contributed by atoms with Crippen LogP contribution in [0.1, 0.15) is 16.8 Å². The maximum absolute atomic E-state index is 11.9. The van der Waals surface area contributed by atoms with Crippen LogP contribution in [0.4, 0.5) is 0 Å². The number of nitrogens with one attached hydrogen (secondary N) is 2. The zero-order chi connectivity index (χ0) is 12.8. The van der Waals surface area contributed by atoms with Gasteiger partial charge in [0.1, 0.15) is 0 Å². The third-order valence-electron chi connectivity index (χ3n) is 2.66. The third kappa shape index (κ3) is 2.91. The molecule has 0 fully saturated rings. The molecule has 0 spiro atoms. The Labute approximate surface area is 106 Å². The van der Waals surface area contributed by atoms with Gasteiger partial charge in [-0.15, -0.1) is 0 Å². The molecular weight excluding hydrogens is 228 g/mol. The standard InChI is InChI=1S/C14H16N2O2/c1-2-18-9-3-7-16-14(17)12-5-4-11-6-8-15-13(11)10-12/h2,4-6,8,10,15H,1,3,7,9H2,(H,16,17). The molecule has 0 radical (unpaired) electrons. The van der Waals surface area contributed by atoms with E-state index >= 15 is 0 Å². The average Bonchev–Trinajstić information content (AvgIpc) is 2.85. The minimum Gasteiger partial charge on any atom is -0.502 e. The Kier molecular flexibility index (Phi) is 4.02. The van der Waals surface area contributed by atoms with E-state index < -0.39 is 0 Å². The van der Waals surface area contributed by atoms with Crippen LogP contribution < -0.4 is 5.32 Å². The Morgan fingerprint density at radius 3 is 3.17 bits per heavy atom. The van der Waals surface area contributed by atoms with Crippen LogP contribution in [0.15, 0.2) is 43.3 Å². The molecule has 0 atom stereocenters. The van der Waals surface area contributed by atoms with Gasteiger partial charge in [0.2, 0.25) is 0 Å². The molecule has 1 aromatic carbocycles. The highest BCUT2D eigenvalue weighted by atomic mass is 16.5. The van der Waals surface area contributed by atoms with Gasteiger partial charge in [0.15, 0.2) is 0 Å². The summed E-state index contributed by atoms with van der Waals surface area (Å²) < 4.78 is 4.98. The number of carbonyl (C=O) groups is 1. The summed E-state index contributed by atoms with van der Waals surface area (Å²) in [6, 6.07) is 7.59. The van der Waals surface area contributed by atoms with Gasteiger partial charge < -0.3 is 15.0 Å². The monoisotopic (exact) mass is 244 g/mol. The predicted molar refractivity (Wildman–Crippen MR) is 71.4 cm³/mol. The highest BCUT2D eigenvalue weighted by Gasteiger charge is 2.05. The van der Waals surface area contributed by atoms with Crippen molar-refractivity contribution in [1.29, 1.82) is 0 Å². The number of aromatic nitrogens is 1. The number of hydrogen-bond acceptors (Lipinski definition) is 2. The van der Waals surface area contributed by atoms with Crippen LogP contribution >= 0.6 is 0 Å². The van der Waals surface area contributed by atoms with Crippen LogP contribution in [-0.2, 0) is 4.74 Å². The van der Waals surface area contributed by atoms with Crippen LogP contribution in [0, 0.1) is 0 Å². The molecule has 1 aromatic heterocycles. The van der Waals surface area contributed by atoms with Crippen molar-refractivity contribution in [3.63, 3.8) is 0 Å². The van der Waals surface area contributed by atoms with Crippen LogP contribution in [0.5, 0.6) is 0 Å². The molecule has 18 heavy (non-hydrogen) atoms. The highest BCUT2D eigenvalue weighted by molar-refractivity contribution is 5.97. The van der Waals surface area contributed by atoms with E-state index in [0.717, 1.165) is 17.3 Å². The Morgan fingerprint density at radius 2 is 2.33 bits per heavy atom. The fourth-order valence-corrected chi connectivity index (χ4v) is 1.73. The van der Waals surface area contributed by atoms with E-state index in [9.17, 15) is 4.79 Å². The van der Waals surface area contributed by atoms with Gasteiger partial charge in [-0.05, 0) is 30.0 Å². The molecule has 2 rings (SSSR count). The fraction of sp³-hybridized carbons (Fsp3) is 0.214. The van der Waals surface area contributed by atoms with Gasteiger partial charge in [0, 0.05) is 23.8 Å². The van der Waals surface area contributed by atoms with Crippen molar-refractivity contribution in [2.24, 2.45) is 0 Å². The van der Waals surface area contributed by atoms with Gasteiger partial charge in [-0.3, -0.25) is 4.79 Å². The third-order valence-corrected chi connectivity index (χ3v) is 2.66. The molecule has 0 saturated heterocycles. The summed E-state index contributed by atoms with van der Waals surface area (Å²) in [5.41, 5.74) is 1.63. The van der Waals surface area contributed by atoms with Gasteiger partial charge >= 0.3 is 0 Å². The molecule has 2 N–H and O–H groups in total. The number of H-pyrrole nitrogens is 1. The van der Waals surface area contributed by atoms with E-state index in [2.05, 4.69) is 16.9 Å². The molecule has 0 aliphatic carbocycles. The van der Waals surface area contributed by atoms with Crippen LogP contribution in [0.2, 0.25) is 0 Å². The lowest BCUT2D eigenvalue weighted by Gasteiger charge is -2.05. The number of benzene rings is 1. The summed E-state index contributed by atoms with van der Waals surface area (Å²) in [6.07, 6.45) is 4.03. The highest BCUT2D eigenvalue weighted by Crippen LogP contribution is 2.13. The molecule has 94 valence electrons. The van der Waals surface area contributed by atoms with Crippen molar-refractivity contribution in [1.82, 2.24) is 10.3 Å². The van der Waals surface area contributed by atoms with E-state index in [-0.39, 0.29) is 5.91 Å². The molecule has 0 unspecified atom stereocenters. The second-order valence-electron chi connectivity index (χ2n) is 3.93. The summed E-state index contributed by atoms with van der Waals surface area (Å²) >= 11 is 0. The first-order chi connectivity index (χ1) is 8.81. The van der Waals surface area contributed by atoms with Crippen molar-refractivity contribution in [3.8, 4) is 0 Å². The van der Waals surface area contributed by atoms with Gasteiger partial charge in [0.25, 0.3) is 5.91 Å². The predicted octanol–water partition coefficient (Wildman–Crippen LogP) is 2.45. The summed E-state index contributed by atoms with van der Waals surface area (Å²) in [4.78, 5) is 14.9. The minimum absolute atomic E-state index is 0.0647. The smallest absolute Gasteiger partial charge is 0.251 e. The number of carbonyl (C=O) groups excluding carboxylic acids is 1. The van der Waals surface area contributed by atoms with Crippen molar-refractivity contribution >= 4 is 16.8 Å². The molecule has 1 amide bonds. The summed E-state index contributed by atoms with van der Waals surface area (Å²) in [5, 5.41) is 3.95. The number of ether oxygens (including phenoxy) is 1. The first-order valence-electron chi connectivity index (χ1n) is 5.89. The lowest BCUT2D eigenvalue weighted by molar-refractivity contribution is 0.0950. The maximum Gasteiger partial charge on any atom is 0.251 e. The summed E-state index contributed by atoms with van der Waals surface area (Å²) in [7, 11) is 0. The SMILES string of the molecule is C=COCCCNC(=O)c1ccc2cc[nH]c2c1. The quantitative estimate of drug-likeness (QED) is 0.605. The van der Waals surface area contributed by atoms with Crippen molar-refractivity contribution < 1.29 is 9.53 Å². The molecule has 4 heteroatoms. The van der Waals surface area contributed by atoms with Crippen molar-refractivity contribution in [2.75, 3.05) is 13.2 Å². The van der Waals surface area contributed by atoms with Crippen LogP contribution in [-0.4, -0.2) is 24.0 Å². The van der Waals surface area contributed by atoms with Gasteiger partial charge in [-0.1, -0.05) is 12.6 Å².